The Hall–Kier alpha value is -7.08. The molecule has 0 aliphatic carbocycles. The minimum absolute atomic E-state index is 0.0192. The molecule has 0 saturated carbocycles. The number of carboxylic acids is 2. The normalized spacial score (nSPS) is 13.4. The second kappa shape index (κ2) is 11.4. The van der Waals surface area contributed by atoms with Crippen LogP contribution in [0.1, 0.15) is 62.1 Å². The standard InChI is InChI=1S/C36H20N2O10/c39-31-27-14-12-25(17-29(27)33(41)37(31)21-8-4-19(5-9-21)35(43)44)47-23-2-1-3-24(16-23)48-26-13-15-28-30(18-26)34(42)38(32(28)40)22-10-6-20(7-11-22)36(45)46/h1-18H,(H,43,44)(H,45,46). The van der Waals surface area contributed by atoms with Crippen LogP contribution in [0.5, 0.6) is 23.0 Å². The monoisotopic (exact) mass is 640 g/mol. The lowest BCUT2D eigenvalue weighted by molar-refractivity contribution is 0.0686. The van der Waals surface area contributed by atoms with Gasteiger partial charge in [0, 0.05) is 6.07 Å². The van der Waals surface area contributed by atoms with Gasteiger partial charge >= 0.3 is 11.9 Å². The molecule has 0 fully saturated rings. The Balaban J connectivity index is 1.07. The number of hydrogen-bond donors (Lipinski definition) is 2. The van der Waals surface area contributed by atoms with Gasteiger partial charge in [-0.25, -0.2) is 19.4 Å². The topological polar surface area (TPSA) is 168 Å². The third-order valence-corrected chi connectivity index (χ3v) is 7.74. The fraction of sp³-hybridized carbons (Fsp3) is 0. The van der Waals surface area contributed by atoms with Gasteiger partial charge in [-0.2, -0.15) is 0 Å². The average molecular weight is 641 g/mol. The number of imide groups is 2. The summed E-state index contributed by atoms with van der Waals surface area (Å²) in [7, 11) is 0. The van der Waals surface area contributed by atoms with E-state index in [1.807, 2.05) is 0 Å². The van der Waals surface area contributed by atoms with Crippen molar-refractivity contribution in [2.45, 2.75) is 0 Å². The Morgan fingerprint density at radius 2 is 0.792 bits per heavy atom. The molecule has 2 aliphatic rings. The van der Waals surface area contributed by atoms with Crippen LogP contribution in [-0.4, -0.2) is 45.8 Å². The average Bonchev–Trinajstić information content (AvgIpc) is 3.48. The molecular formula is C36H20N2O10. The fourth-order valence-electron chi connectivity index (χ4n) is 5.42. The lowest BCUT2D eigenvalue weighted by atomic mass is 10.1. The summed E-state index contributed by atoms with van der Waals surface area (Å²) in [6.07, 6.45) is 0. The predicted molar refractivity (Wildman–Crippen MR) is 169 cm³/mol. The first-order chi connectivity index (χ1) is 23.1. The highest BCUT2D eigenvalue weighted by molar-refractivity contribution is 6.35. The van der Waals surface area contributed by atoms with Crippen molar-refractivity contribution in [3.63, 3.8) is 0 Å². The second-order valence-electron chi connectivity index (χ2n) is 10.7. The fourth-order valence-corrected chi connectivity index (χ4v) is 5.42. The highest BCUT2D eigenvalue weighted by atomic mass is 16.5. The number of benzene rings is 5. The number of nitrogens with zero attached hydrogens (tertiary/aromatic N) is 2. The Morgan fingerprint density at radius 1 is 0.438 bits per heavy atom. The SMILES string of the molecule is O=C(O)c1ccc(N2C(=O)c3ccc(Oc4cccc(Oc5ccc6c(c5)C(=O)N(c5ccc(C(=O)O)cc5)C6=O)c4)cc3C2=O)cc1. The molecule has 5 aromatic rings. The summed E-state index contributed by atoms with van der Waals surface area (Å²) in [5, 5.41) is 18.3. The van der Waals surface area contributed by atoms with Crippen molar-refractivity contribution in [1.82, 2.24) is 0 Å². The first kappa shape index (κ1) is 29.6. The highest BCUT2D eigenvalue weighted by Crippen LogP contribution is 2.36. The molecule has 2 heterocycles. The minimum Gasteiger partial charge on any atom is -0.478 e. The van der Waals surface area contributed by atoms with Crippen LogP contribution >= 0.6 is 0 Å². The molecule has 0 radical (unpaired) electrons. The van der Waals surface area contributed by atoms with Gasteiger partial charge in [0.15, 0.2) is 0 Å². The number of carbonyl (C=O) groups is 6. The van der Waals surface area contributed by atoms with Crippen molar-refractivity contribution in [3.8, 4) is 23.0 Å². The van der Waals surface area contributed by atoms with Crippen molar-refractivity contribution < 1.29 is 48.5 Å². The molecule has 2 aliphatic heterocycles. The zero-order valence-electron chi connectivity index (χ0n) is 24.4. The maximum Gasteiger partial charge on any atom is 0.335 e. The number of carboxylic acid groups (broad SMARTS) is 2. The van der Waals surface area contributed by atoms with E-state index >= 15 is 0 Å². The molecule has 0 atom stereocenters. The number of carbonyl (C=O) groups excluding carboxylic acids is 4. The van der Waals surface area contributed by atoms with Gasteiger partial charge < -0.3 is 19.7 Å². The lowest BCUT2D eigenvalue weighted by Gasteiger charge is -2.13. The van der Waals surface area contributed by atoms with E-state index in [9.17, 15) is 28.8 Å². The van der Waals surface area contributed by atoms with E-state index in [1.165, 1.54) is 72.8 Å². The van der Waals surface area contributed by atoms with Gasteiger partial charge in [-0.1, -0.05) is 6.07 Å². The number of fused-ring (bicyclic) bond motifs is 2. The van der Waals surface area contributed by atoms with E-state index in [0.29, 0.717) is 11.5 Å². The van der Waals surface area contributed by atoms with E-state index < -0.39 is 35.6 Å². The number of amides is 4. The van der Waals surface area contributed by atoms with Gasteiger partial charge in [-0.05, 0) is 97.1 Å². The van der Waals surface area contributed by atoms with E-state index in [-0.39, 0.29) is 56.3 Å². The number of rotatable bonds is 8. The molecule has 5 aromatic carbocycles. The molecule has 0 saturated heterocycles. The van der Waals surface area contributed by atoms with Crippen LogP contribution in [-0.2, 0) is 0 Å². The van der Waals surface area contributed by atoms with E-state index in [0.717, 1.165) is 9.80 Å². The first-order valence-electron chi connectivity index (χ1n) is 14.3. The third kappa shape index (κ3) is 5.08. The molecule has 234 valence electrons. The number of anilines is 2. The molecule has 4 amide bonds. The van der Waals surface area contributed by atoms with Gasteiger partial charge in [-0.15, -0.1) is 0 Å². The third-order valence-electron chi connectivity index (χ3n) is 7.74. The largest absolute Gasteiger partial charge is 0.478 e. The molecule has 12 heteroatoms. The number of hydrogen-bond acceptors (Lipinski definition) is 8. The minimum atomic E-state index is -1.13. The predicted octanol–water partition coefficient (Wildman–Crippen LogP) is 6.27. The molecule has 2 N–H and O–H groups in total. The molecule has 0 spiro atoms. The van der Waals surface area contributed by atoms with Crippen LogP contribution in [0.15, 0.2) is 109 Å². The smallest absolute Gasteiger partial charge is 0.335 e. The van der Waals surface area contributed by atoms with Gasteiger partial charge in [0.2, 0.25) is 0 Å². The highest BCUT2D eigenvalue weighted by Gasteiger charge is 2.38. The summed E-state index contributed by atoms with van der Waals surface area (Å²) < 4.78 is 11.9. The number of aromatic carboxylic acids is 2. The van der Waals surface area contributed by atoms with Gasteiger partial charge in [0.25, 0.3) is 23.6 Å². The van der Waals surface area contributed by atoms with E-state index in [1.54, 1.807) is 36.4 Å². The van der Waals surface area contributed by atoms with Gasteiger partial charge in [0.1, 0.15) is 23.0 Å². The quantitative estimate of drug-likeness (QED) is 0.185. The maximum atomic E-state index is 13.2. The summed E-state index contributed by atoms with van der Waals surface area (Å²) in [6, 6.07) is 26.3. The lowest BCUT2D eigenvalue weighted by Crippen LogP contribution is -2.29. The van der Waals surface area contributed by atoms with Crippen LogP contribution in [0, 0.1) is 0 Å². The van der Waals surface area contributed by atoms with Crippen molar-refractivity contribution in [2.24, 2.45) is 0 Å². The molecule has 48 heavy (non-hydrogen) atoms. The molecule has 7 rings (SSSR count). The molecule has 0 unspecified atom stereocenters. The van der Waals surface area contributed by atoms with Crippen molar-refractivity contribution in [2.75, 3.05) is 9.80 Å². The summed E-state index contributed by atoms with van der Waals surface area (Å²) in [6.45, 7) is 0. The molecular weight excluding hydrogens is 620 g/mol. The van der Waals surface area contributed by atoms with Crippen LogP contribution in [0.2, 0.25) is 0 Å². The van der Waals surface area contributed by atoms with Crippen molar-refractivity contribution in [1.29, 1.82) is 0 Å². The van der Waals surface area contributed by atoms with Crippen LogP contribution < -0.4 is 19.3 Å². The number of ether oxygens (including phenoxy) is 2. The van der Waals surface area contributed by atoms with Crippen molar-refractivity contribution >= 4 is 46.9 Å². The summed E-state index contributed by atoms with van der Waals surface area (Å²) in [4.78, 5) is 76.7. The Labute approximate surface area is 270 Å². The Kier molecular flexibility index (Phi) is 7.02. The van der Waals surface area contributed by atoms with Gasteiger partial charge in [-0.3, -0.25) is 19.2 Å². The summed E-state index contributed by atoms with van der Waals surface area (Å²) in [5.74, 6) is -3.29. The molecule has 12 nitrogen and oxygen atoms in total. The summed E-state index contributed by atoms with van der Waals surface area (Å²) >= 11 is 0. The second-order valence-corrected chi connectivity index (χ2v) is 10.7. The van der Waals surface area contributed by atoms with Crippen LogP contribution in [0.4, 0.5) is 11.4 Å². The van der Waals surface area contributed by atoms with E-state index in [2.05, 4.69) is 0 Å². The maximum absolute atomic E-state index is 13.2. The Bertz CT molecular complexity index is 2070. The van der Waals surface area contributed by atoms with Crippen LogP contribution in [0.25, 0.3) is 0 Å². The zero-order valence-corrected chi connectivity index (χ0v) is 24.4. The Morgan fingerprint density at radius 3 is 1.17 bits per heavy atom. The summed E-state index contributed by atoms with van der Waals surface area (Å²) in [5.41, 5.74) is 1.10. The zero-order chi connectivity index (χ0) is 33.7. The molecule has 0 aromatic heterocycles. The van der Waals surface area contributed by atoms with Crippen molar-refractivity contribution in [3.05, 3.63) is 143 Å². The first-order valence-corrected chi connectivity index (χ1v) is 14.3. The molecule has 0 bridgehead atoms. The van der Waals surface area contributed by atoms with Crippen LogP contribution in [0.3, 0.4) is 0 Å². The van der Waals surface area contributed by atoms with Gasteiger partial charge in [0.05, 0.1) is 44.8 Å². The van der Waals surface area contributed by atoms with E-state index in [4.69, 9.17) is 19.7 Å².